The molecule has 0 heterocycles. The molecule has 0 spiro atoms. The molecular weight excluding hydrogens is 405 g/mol. The number of anilines is 1. The van der Waals surface area contributed by atoms with Gasteiger partial charge in [0.05, 0.1) is 5.69 Å². The molecule has 4 heteroatoms. The van der Waals surface area contributed by atoms with Crippen LogP contribution in [0.2, 0.25) is 0 Å². The molecule has 2 aromatic carbocycles. The van der Waals surface area contributed by atoms with Gasteiger partial charge in [-0.3, -0.25) is 4.79 Å². The largest absolute Gasteiger partial charge is 0.321 e. The normalized spacial score (nSPS) is 10.2. The highest BCUT2D eigenvalue weighted by Gasteiger charge is 2.08. The third-order valence-electron chi connectivity index (χ3n) is 2.46. The third-order valence-corrected chi connectivity index (χ3v) is 3.79. The molecule has 2 aromatic rings. The number of hydrogen-bond donors (Lipinski definition) is 1. The van der Waals surface area contributed by atoms with E-state index < -0.39 is 0 Å². The van der Waals surface area contributed by atoms with Crippen molar-refractivity contribution < 1.29 is 4.79 Å². The van der Waals surface area contributed by atoms with Gasteiger partial charge < -0.3 is 5.32 Å². The van der Waals surface area contributed by atoms with E-state index in [0.717, 1.165) is 19.3 Å². The molecule has 1 N–H and O–H groups in total. The average molecular weight is 416 g/mol. The Kier molecular flexibility index (Phi) is 4.40. The average Bonchev–Trinajstić information content (AvgIpc) is 2.32. The molecular formula is C14H11BrINO. The molecule has 92 valence electrons. The summed E-state index contributed by atoms with van der Waals surface area (Å²) in [6, 6.07) is 13.3. The van der Waals surface area contributed by atoms with Crippen molar-refractivity contribution in [2.24, 2.45) is 0 Å². The van der Waals surface area contributed by atoms with Gasteiger partial charge in [-0.25, -0.2) is 0 Å². The minimum Gasteiger partial charge on any atom is -0.321 e. The van der Waals surface area contributed by atoms with Gasteiger partial charge in [0.25, 0.3) is 5.91 Å². The lowest BCUT2D eigenvalue weighted by Gasteiger charge is -2.08. The zero-order valence-corrected chi connectivity index (χ0v) is 13.4. The SMILES string of the molecule is Cc1ccc(NC(=O)c2cccc(I)c2)c(Br)c1. The second-order valence-electron chi connectivity index (χ2n) is 3.95. The summed E-state index contributed by atoms with van der Waals surface area (Å²) >= 11 is 5.64. The van der Waals surface area contributed by atoms with E-state index in [4.69, 9.17) is 0 Å². The molecule has 1 amide bonds. The van der Waals surface area contributed by atoms with Crippen molar-refractivity contribution in [3.05, 3.63) is 61.6 Å². The van der Waals surface area contributed by atoms with Crippen LogP contribution >= 0.6 is 38.5 Å². The van der Waals surface area contributed by atoms with Gasteiger partial charge in [0.15, 0.2) is 0 Å². The van der Waals surface area contributed by atoms with Crippen LogP contribution in [0.15, 0.2) is 46.9 Å². The van der Waals surface area contributed by atoms with Gasteiger partial charge in [-0.2, -0.15) is 0 Å². The predicted molar refractivity (Wildman–Crippen MR) is 86.0 cm³/mol. The number of nitrogens with one attached hydrogen (secondary N) is 1. The lowest BCUT2D eigenvalue weighted by Crippen LogP contribution is -2.12. The maximum atomic E-state index is 12.1. The van der Waals surface area contributed by atoms with Gasteiger partial charge in [0.1, 0.15) is 0 Å². The highest BCUT2D eigenvalue weighted by molar-refractivity contribution is 14.1. The lowest BCUT2D eigenvalue weighted by atomic mass is 10.2. The van der Waals surface area contributed by atoms with Crippen molar-refractivity contribution in [3.63, 3.8) is 0 Å². The maximum absolute atomic E-state index is 12.1. The molecule has 0 saturated heterocycles. The van der Waals surface area contributed by atoms with Crippen LogP contribution in [-0.4, -0.2) is 5.91 Å². The molecule has 0 saturated carbocycles. The molecule has 0 unspecified atom stereocenters. The number of amides is 1. The molecule has 0 aliphatic heterocycles. The topological polar surface area (TPSA) is 29.1 Å². The monoisotopic (exact) mass is 415 g/mol. The number of rotatable bonds is 2. The smallest absolute Gasteiger partial charge is 0.255 e. The Hall–Kier alpha value is -0.880. The Morgan fingerprint density at radius 1 is 1.22 bits per heavy atom. The van der Waals surface area contributed by atoms with Crippen molar-refractivity contribution in [2.75, 3.05) is 5.32 Å². The van der Waals surface area contributed by atoms with Gasteiger partial charge >= 0.3 is 0 Å². The van der Waals surface area contributed by atoms with Gasteiger partial charge in [0, 0.05) is 13.6 Å². The molecule has 2 nitrogen and oxygen atoms in total. The van der Waals surface area contributed by atoms with E-state index >= 15 is 0 Å². The Labute approximate surface area is 128 Å². The van der Waals surface area contributed by atoms with Crippen LogP contribution in [0.4, 0.5) is 5.69 Å². The predicted octanol–water partition coefficient (Wildman–Crippen LogP) is 4.61. The fraction of sp³-hybridized carbons (Fsp3) is 0.0714. The second-order valence-corrected chi connectivity index (χ2v) is 6.05. The summed E-state index contributed by atoms with van der Waals surface area (Å²) in [6.07, 6.45) is 0. The first-order chi connectivity index (χ1) is 8.56. The summed E-state index contributed by atoms with van der Waals surface area (Å²) in [6.45, 7) is 2.01. The van der Waals surface area contributed by atoms with E-state index in [1.807, 2.05) is 43.3 Å². The zero-order valence-electron chi connectivity index (χ0n) is 9.71. The fourth-order valence-corrected chi connectivity index (χ4v) is 2.68. The molecule has 2 rings (SSSR count). The number of aryl methyl sites for hydroxylation is 1. The number of halogens is 2. The number of carbonyl (C=O) groups is 1. The van der Waals surface area contributed by atoms with E-state index in [1.54, 1.807) is 6.07 Å². The van der Waals surface area contributed by atoms with Crippen LogP contribution in [0.1, 0.15) is 15.9 Å². The number of carbonyl (C=O) groups excluding carboxylic acids is 1. The minimum absolute atomic E-state index is 0.0990. The molecule has 0 bridgehead atoms. The standard InChI is InChI=1S/C14H11BrINO/c1-9-5-6-13(12(15)7-9)17-14(18)10-3-2-4-11(16)8-10/h2-8H,1H3,(H,17,18). The van der Waals surface area contributed by atoms with Crippen molar-refractivity contribution in [1.29, 1.82) is 0 Å². The Balaban J connectivity index is 2.21. The van der Waals surface area contributed by atoms with Crippen LogP contribution in [0.25, 0.3) is 0 Å². The summed E-state index contributed by atoms with van der Waals surface area (Å²) in [5.41, 5.74) is 2.59. The van der Waals surface area contributed by atoms with Crippen LogP contribution in [0.5, 0.6) is 0 Å². The van der Waals surface area contributed by atoms with Crippen molar-refractivity contribution >= 4 is 50.1 Å². The van der Waals surface area contributed by atoms with Crippen LogP contribution < -0.4 is 5.32 Å². The maximum Gasteiger partial charge on any atom is 0.255 e. The fourth-order valence-electron chi connectivity index (χ4n) is 1.55. The summed E-state index contributed by atoms with van der Waals surface area (Å²) in [5, 5.41) is 2.89. The molecule has 0 aromatic heterocycles. The molecule has 0 aliphatic rings. The highest BCUT2D eigenvalue weighted by Crippen LogP contribution is 2.24. The van der Waals surface area contributed by atoms with E-state index in [9.17, 15) is 4.79 Å². The minimum atomic E-state index is -0.0990. The zero-order chi connectivity index (χ0) is 13.1. The third kappa shape index (κ3) is 3.32. The van der Waals surface area contributed by atoms with Gasteiger partial charge in [0.2, 0.25) is 0 Å². The van der Waals surface area contributed by atoms with Gasteiger partial charge in [-0.1, -0.05) is 12.1 Å². The van der Waals surface area contributed by atoms with Crippen molar-refractivity contribution in [2.45, 2.75) is 6.92 Å². The Morgan fingerprint density at radius 2 is 2.00 bits per heavy atom. The first kappa shape index (κ1) is 13.5. The molecule has 0 radical (unpaired) electrons. The first-order valence-electron chi connectivity index (χ1n) is 5.39. The number of benzene rings is 2. The first-order valence-corrected chi connectivity index (χ1v) is 7.26. The van der Waals surface area contributed by atoms with E-state index in [-0.39, 0.29) is 5.91 Å². The van der Waals surface area contributed by atoms with Crippen LogP contribution in [-0.2, 0) is 0 Å². The van der Waals surface area contributed by atoms with E-state index in [2.05, 4.69) is 43.8 Å². The summed E-state index contributed by atoms with van der Waals surface area (Å²) in [7, 11) is 0. The van der Waals surface area contributed by atoms with Crippen LogP contribution in [0, 0.1) is 10.5 Å². The summed E-state index contributed by atoms with van der Waals surface area (Å²) < 4.78 is 1.93. The molecule has 18 heavy (non-hydrogen) atoms. The van der Waals surface area contributed by atoms with Crippen molar-refractivity contribution in [3.8, 4) is 0 Å². The molecule has 0 aliphatic carbocycles. The van der Waals surface area contributed by atoms with E-state index in [0.29, 0.717) is 5.56 Å². The summed E-state index contributed by atoms with van der Waals surface area (Å²) in [4.78, 5) is 12.1. The quantitative estimate of drug-likeness (QED) is 0.712. The highest BCUT2D eigenvalue weighted by atomic mass is 127. The van der Waals surface area contributed by atoms with Gasteiger partial charge in [-0.15, -0.1) is 0 Å². The van der Waals surface area contributed by atoms with Crippen LogP contribution in [0.3, 0.4) is 0 Å². The lowest BCUT2D eigenvalue weighted by molar-refractivity contribution is 0.102. The molecule has 0 atom stereocenters. The van der Waals surface area contributed by atoms with E-state index in [1.165, 1.54) is 0 Å². The number of hydrogen-bond acceptors (Lipinski definition) is 1. The van der Waals surface area contributed by atoms with Crippen molar-refractivity contribution in [1.82, 2.24) is 0 Å². The molecule has 0 fully saturated rings. The van der Waals surface area contributed by atoms with Gasteiger partial charge in [-0.05, 0) is 81.3 Å². The summed E-state index contributed by atoms with van der Waals surface area (Å²) in [5.74, 6) is -0.0990. The second kappa shape index (κ2) is 5.84. The Morgan fingerprint density at radius 3 is 2.67 bits per heavy atom. The Bertz CT molecular complexity index is 598.